The van der Waals surface area contributed by atoms with Gasteiger partial charge >= 0.3 is 0 Å². The average molecular weight is 308 g/mol. The fraction of sp³-hybridized carbons (Fsp3) is 0.294. The van der Waals surface area contributed by atoms with Crippen LogP contribution >= 0.6 is 11.6 Å². The Morgan fingerprint density at radius 1 is 1.24 bits per heavy atom. The number of hydrogen-bond donors (Lipinski definition) is 1. The largest absolute Gasteiger partial charge is 0.497 e. The maximum atomic E-state index is 13.2. The van der Waals surface area contributed by atoms with Gasteiger partial charge in [0.1, 0.15) is 11.6 Å². The first-order chi connectivity index (χ1) is 10.1. The number of likely N-dealkylation sites (N-methyl/N-ethyl adjacent to an activating group) is 1. The van der Waals surface area contributed by atoms with Crippen molar-refractivity contribution in [3.63, 3.8) is 0 Å². The molecule has 0 aliphatic heterocycles. The SMILES string of the molecule is CCNC(Cc1ccc(F)c(Cl)c1)c1cccc(OC)c1. The molecule has 2 rings (SSSR count). The summed E-state index contributed by atoms with van der Waals surface area (Å²) in [6, 6.07) is 12.9. The smallest absolute Gasteiger partial charge is 0.141 e. The zero-order chi connectivity index (χ0) is 15.2. The summed E-state index contributed by atoms with van der Waals surface area (Å²) < 4.78 is 18.5. The molecular formula is C17H19ClFNO. The molecule has 0 bridgehead atoms. The Morgan fingerprint density at radius 2 is 2.05 bits per heavy atom. The summed E-state index contributed by atoms with van der Waals surface area (Å²) in [5.74, 6) is 0.439. The Bertz CT molecular complexity index is 603. The summed E-state index contributed by atoms with van der Waals surface area (Å²) in [4.78, 5) is 0. The molecular weight excluding hydrogens is 289 g/mol. The highest BCUT2D eigenvalue weighted by atomic mass is 35.5. The van der Waals surface area contributed by atoms with Gasteiger partial charge < -0.3 is 10.1 Å². The topological polar surface area (TPSA) is 21.3 Å². The predicted molar refractivity (Wildman–Crippen MR) is 84.5 cm³/mol. The van der Waals surface area contributed by atoms with Crippen molar-refractivity contribution < 1.29 is 9.13 Å². The highest BCUT2D eigenvalue weighted by Crippen LogP contribution is 2.24. The van der Waals surface area contributed by atoms with E-state index in [1.165, 1.54) is 6.07 Å². The zero-order valence-corrected chi connectivity index (χ0v) is 13.0. The van der Waals surface area contributed by atoms with E-state index in [2.05, 4.69) is 18.3 Å². The summed E-state index contributed by atoms with van der Waals surface area (Å²) >= 11 is 5.85. The second kappa shape index (κ2) is 7.43. The lowest BCUT2D eigenvalue weighted by molar-refractivity contribution is 0.413. The third kappa shape index (κ3) is 4.19. The van der Waals surface area contributed by atoms with Gasteiger partial charge in [0.15, 0.2) is 0 Å². The number of hydrogen-bond acceptors (Lipinski definition) is 2. The first-order valence-corrected chi connectivity index (χ1v) is 7.33. The van der Waals surface area contributed by atoms with E-state index in [9.17, 15) is 4.39 Å². The van der Waals surface area contributed by atoms with Crippen molar-refractivity contribution in [3.05, 3.63) is 64.4 Å². The number of rotatable bonds is 6. The minimum absolute atomic E-state index is 0.131. The van der Waals surface area contributed by atoms with Crippen LogP contribution in [0.1, 0.15) is 24.1 Å². The molecule has 0 saturated carbocycles. The molecule has 0 aliphatic rings. The second-order valence-corrected chi connectivity index (χ2v) is 5.25. The first kappa shape index (κ1) is 15.8. The molecule has 0 fully saturated rings. The molecule has 1 atom stereocenters. The normalized spacial score (nSPS) is 12.2. The summed E-state index contributed by atoms with van der Waals surface area (Å²) in [7, 11) is 1.65. The Kier molecular flexibility index (Phi) is 5.59. The number of methoxy groups -OCH3 is 1. The van der Waals surface area contributed by atoms with Crippen LogP contribution in [0.4, 0.5) is 4.39 Å². The lowest BCUT2D eigenvalue weighted by Gasteiger charge is -2.19. The molecule has 0 amide bonds. The van der Waals surface area contributed by atoms with Crippen LogP contribution in [-0.4, -0.2) is 13.7 Å². The van der Waals surface area contributed by atoms with Crippen LogP contribution in [0.15, 0.2) is 42.5 Å². The molecule has 112 valence electrons. The monoisotopic (exact) mass is 307 g/mol. The molecule has 0 spiro atoms. The van der Waals surface area contributed by atoms with E-state index >= 15 is 0 Å². The Morgan fingerprint density at radius 3 is 2.71 bits per heavy atom. The van der Waals surface area contributed by atoms with Gasteiger partial charge in [0.2, 0.25) is 0 Å². The summed E-state index contributed by atoms with van der Waals surface area (Å²) in [5.41, 5.74) is 2.13. The minimum Gasteiger partial charge on any atom is -0.497 e. The van der Waals surface area contributed by atoms with Crippen LogP contribution in [0, 0.1) is 5.82 Å². The van der Waals surface area contributed by atoms with Crippen molar-refractivity contribution in [1.29, 1.82) is 0 Å². The molecule has 0 radical (unpaired) electrons. The van der Waals surface area contributed by atoms with Crippen LogP contribution < -0.4 is 10.1 Å². The van der Waals surface area contributed by atoms with Crippen LogP contribution in [0.5, 0.6) is 5.75 Å². The quantitative estimate of drug-likeness (QED) is 0.855. The van der Waals surface area contributed by atoms with Crippen molar-refractivity contribution in [2.24, 2.45) is 0 Å². The van der Waals surface area contributed by atoms with Gasteiger partial charge in [-0.2, -0.15) is 0 Å². The van der Waals surface area contributed by atoms with E-state index in [1.54, 1.807) is 19.2 Å². The first-order valence-electron chi connectivity index (χ1n) is 6.95. The highest BCUT2D eigenvalue weighted by molar-refractivity contribution is 6.30. The van der Waals surface area contributed by atoms with Crippen LogP contribution in [0.3, 0.4) is 0 Å². The lowest BCUT2D eigenvalue weighted by Crippen LogP contribution is -2.23. The molecule has 1 N–H and O–H groups in total. The van der Waals surface area contributed by atoms with E-state index in [4.69, 9.17) is 16.3 Å². The van der Waals surface area contributed by atoms with Crippen molar-refractivity contribution in [1.82, 2.24) is 5.32 Å². The lowest BCUT2D eigenvalue weighted by atomic mass is 9.98. The molecule has 0 heterocycles. The second-order valence-electron chi connectivity index (χ2n) is 4.84. The third-order valence-electron chi connectivity index (χ3n) is 3.37. The van der Waals surface area contributed by atoms with Gasteiger partial charge in [0.25, 0.3) is 0 Å². The van der Waals surface area contributed by atoms with Crippen LogP contribution in [-0.2, 0) is 6.42 Å². The summed E-state index contributed by atoms with van der Waals surface area (Å²) in [5, 5.41) is 3.60. The van der Waals surface area contributed by atoms with Gasteiger partial charge in [-0.05, 0) is 48.4 Å². The molecule has 21 heavy (non-hydrogen) atoms. The van der Waals surface area contributed by atoms with E-state index in [0.29, 0.717) is 0 Å². The van der Waals surface area contributed by atoms with Crippen molar-refractivity contribution in [2.45, 2.75) is 19.4 Å². The van der Waals surface area contributed by atoms with Gasteiger partial charge in [-0.1, -0.05) is 36.7 Å². The van der Waals surface area contributed by atoms with Gasteiger partial charge in [-0.25, -0.2) is 4.39 Å². The highest BCUT2D eigenvalue weighted by Gasteiger charge is 2.13. The standard InChI is InChI=1S/C17H19ClFNO/c1-3-20-17(13-5-4-6-14(11-13)21-2)10-12-7-8-16(19)15(18)9-12/h4-9,11,17,20H,3,10H2,1-2H3. The van der Waals surface area contributed by atoms with E-state index in [1.807, 2.05) is 18.2 Å². The van der Waals surface area contributed by atoms with Gasteiger partial charge in [-0.15, -0.1) is 0 Å². The summed E-state index contributed by atoms with van der Waals surface area (Å²) in [6.45, 7) is 2.90. The Labute approximate surface area is 129 Å². The number of benzene rings is 2. The van der Waals surface area contributed by atoms with Gasteiger partial charge in [0.05, 0.1) is 12.1 Å². The van der Waals surface area contributed by atoms with Gasteiger partial charge in [-0.3, -0.25) is 0 Å². The van der Waals surface area contributed by atoms with Gasteiger partial charge in [0, 0.05) is 6.04 Å². The molecule has 0 saturated heterocycles. The van der Waals surface area contributed by atoms with Crippen molar-refractivity contribution in [2.75, 3.05) is 13.7 Å². The summed E-state index contributed by atoms with van der Waals surface area (Å²) in [6.07, 6.45) is 0.737. The maximum absolute atomic E-state index is 13.2. The third-order valence-corrected chi connectivity index (χ3v) is 3.66. The molecule has 0 aromatic heterocycles. The molecule has 2 aromatic carbocycles. The maximum Gasteiger partial charge on any atom is 0.141 e. The van der Waals surface area contributed by atoms with E-state index < -0.39 is 0 Å². The fourth-order valence-electron chi connectivity index (χ4n) is 2.31. The number of halogens is 2. The molecule has 4 heteroatoms. The van der Waals surface area contributed by atoms with E-state index in [0.717, 1.165) is 29.8 Å². The Hall–Kier alpha value is -1.58. The van der Waals surface area contributed by atoms with Crippen LogP contribution in [0.2, 0.25) is 5.02 Å². The minimum atomic E-state index is -0.387. The molecule has 2 nitrogen and oxygen atoms in total. The fourth-order valence-corrected chi connectivity index (χ4v) is 2.52. The predicted octanol–water partition coefficient (Wildman–Crippen LogP) is 4.38. The molecule has 1 unspecified atom stereocenters. The average Bonchev–Trinajstić information content (AvgIpc) is 2.50. The zero-order valence-electron chi connectivity index (χ0n) is 12.2. The van der Waals surface area contributed by atoms with Crippen molar-refractivity contribution in [3.8, 4) is 5.75 Å². The number of nitrogens with one attached hydrogen (secondary N) is 1. The van der Waals surface area contributed by atoms with Crippen LogP contribution in [0.25, 0.3) is 0 Å². The van der Waals surface area contributed by atoms with Crippen molar-refractivity contribution >= 4 is 11.6 Å². The molecule has 2 aromatic rings. The van der Waals surface area contributed by atoms with E-state index in [-0.39, 0.29) is 16.9 Å². The Balaban J connectivity index is 2.23. The molecule has 0 aliphatic carbocycles. The number of ether oxygens (including phenoxy) is 1.